The van der Waals surface area contributed by atoms with Crippen LogP contribution in [0.2, 0.25) is 0 Å². The van der Waals surface area contributed by atoms with Gasteiger partial charge in [0.2, 0.25) is 0 Å². The smallest absolute Gasteiger partial charge is 0.252 e. The average molecular weight is 347 g/mol. The Morgan fingerprint density at radius 3 is 2.62 bits per heavy atom. The van der Waals surface area contributed by atoms with Crippen molar-refractivity contribution in [3.05, 3.63) is 78.4 Å². The van der Waals surface area contributed by atoms with Crippen LogP contribution in [0.1, 0.15) is 29.8 Å². The highest BCUT2D eigenvalue weighted by Gasteiger charge is 2.12. The number of ether oxygens (including phenoxy) is 1. The number of nitrogens with zero attached hydrogens (tertiary/aromatic N) is 2. The Labute approximate surface area is 153 Å². The van der Waals surface area contributed by atoms with Crippen LogP contribution in [-0.2, 0) is 6.54 Å². The molecule has 1 aromatic heterocycles. The van der Waals surface area contributed by atoms with Crippen LogP contribution in [0.4, 0.5) is 0 Å². The van der Waals surface area contributed by atoms with Gasteiger partial charge >= 0.3 is 0 Å². The Morgan fingerprint density at radius 2 is 1.85 bits per heavy atom. The number of nitrogens with one attached hydrogen (secondary N) is 1. The van der Waals surface area contributed by atoms with Crippen LogP contribution in [0.15, 0.2) is 67.3 Å². The molecule has 0 spiro atoms. The van der Waals surface area contributed by atoms with Gasteiger partial charge in [-0.15, -0.1) is 0 Å². The van der Waals surface area contributed by atoms with Crippen LogP contribution in [0.25, 0.3) is 11.1 Å². The molecule has 1 N–H and O–H groups in total. The largest absolute Gasteiger partial charge is 0.491 e. The number of benzene rings is 2. The maximum Gasteiger partial charge on any atom is 0.252 e. The molecule has 0 bridgehead atoms. The summed E-state index contributed by atoms with van der Waals surface area (Å²) >= 11 is 0. The summed E-state index contributed by atoms with van der Waals surface area (Å²) in [7, 11) is 0. The van der Waals surface area contributed by atoms with Gasteiger partial charge in [-0.2, -0.15) is 0 Å². The highest BCUT2D eigenvalue weighted by atomic mass is 16.5. The monoisotopic (exact) mass is 347 g/mol. The van der Waals surface area contributed by atoms with Crippen molar-refractivity contribution in [3.63, 3.8) is 0 Å². The summed E-state index contributed by atoms with van der Waals surface area (Å²) in [5.74, 6) is 0.660. The third-order valence-electron chi connectivity index (χ3n) is 3.77. The summed E-state index contributed by atoms with van der Waals surface area (Å²) in [6.07, 6.45) is 4.98. The SMILES string of the molecule is CC(C)Oc1cccc(CNC(=O)c2ccccc2-c2cncnc2)c1. The highest BCUT2D eigenvalue weighted by molar-refractivity contribution is 6.00. The number of carbonyl (C=O) groups excluding carboxylic acids is 1. The van der Waals surface area contributed by atoms with Crippen molar-refractivity contribution in [2.75, 3.05) is 0 Å². The van der Waals surface area contributed by atoms with E-state index in [1.165, 1.54) is 6.33 Å². The molecule has 0 saturated heterocycles. The minimum atomic E-state index is -0.139. The number of hydrogen-bond acceptors (Lipinski definition) is 4. The van der Waals surface area contributed by atoms with E-state index in [0.29, 0.717) is 12.1 Å². The second kappa shape index (κ2) is 8.25. The fourth-order valence-corrected chi connectivity index (χ4v) is 2.65. The number of aromatic nitrogens is 2. The zero-order valence-corrected chi connectivity index (χ0v) is 14.8. The van der Waals surface area contributed by atoms with Gasteiger partial charge in [0, 0.05) is 30.1 Å². The van der Waals surface area contributed by atoms with Crippen LogP contribution >= 0.6 is 0 Å². The minimum absolute atomic E-state index is 0.111. The molecule has 0 aliphatic carbocycles. The van der Waals surface area contributed by atoms with Gasteiger partial charge in [-0.25, -0.2) is 9.97 Å². The molecule has 3 aromatic rings. The number of amides is 1. The van der Waals surface area contributed by atoms with Crippen molar-refractivity contribution >= 4 is 5.91 Å². The lowest BCUT2D eigenvalue weighted by Gasteiger charge is -2.12. The first kappa shape index (κ1) is 17.6. The Kier molecular flexibility index (Phi) is 5.59. The summed E-state index contributed by atoms with van der Waals surface area (Å²) < 4.78 is 5.70. The third kappa shape index (κ3) is 4.45. The predicted octanol–water partition coefficient (Wildman–Crippen LogP) is 3.86. The zero-order chi connectivity index (χ0) is 18.4. The second-order valence-electron chi connectivity index (χ2n) is 6.17. The Morgan fingerprint density at radius 1 is 1.08 bits per heavy atom. The van der Waals surface area contributed by atoms with E-state index in [1.54, 1.807) is 18.5 Å². The van der Waals surface area contributed by atoms with Gasteiger partial charge in [-0.3, -0.25) is 4.79 Å². The lowest BCUT2D eigenvalue weighted by atomic mass is 10.0. The predicted molar refractivity (Wildman–Crippen MR) is 101 cm³/mol. The molecule has 1 heterocycles. The standard InChI is InChI=1S/C21H21N3O2/c1-15(2)26-18-7-5-6-16(10-18)11-24-21(25)20-9-4-3-8-19(20)17-12-22-14-23-13-17/h3-10,12-15H,11H2,1-2H3,(H,24,25). The Bertz CT molecular complexity index is 879. The first-order valence-corrected chi connectivity index (χ1v) is 8.51. The molecule has 0 atom stereocenters. The fraction of sp³-hybridized carbons (Fsp3) is 0.190. The van der Waals surface area contributed by atoms with Crippen molar-refractivity contribution in [3.8, 4) is 16.9 Å². The van der Waals surface area contributed by atoms with Gasteiger partial charge < -0.3 is 10.1 Å². The first-order chi connectivity index (χ1) is 12.6. The highest BCUT2D eigenvalue weighted by Crippen LogP contribution is 2.22. The van der Waals surface area contributed by atoms with Crippen molar-refractivity contribution in [2.24, 2.45) is 0 Å². The molecule has 5 nitrogen and oxygen atoms in total. The fourth-order valence-electron chi connectivity index (χ4n) is 2.65. The molecule has 5 heteroatoms. The molecule has 0 unspecified atom stereocenters. The molecule has 0 aliphatic heterocycles. The number of carbonyl (C=O) groups is 1. The van der Waals surface area contributed by atoms with E-state index in [1.807, 2.05) is 56.3 Å². The van der Waals surface area contributed by atoms with Crippen molar-refractivity contribution in [2.45, 2.75) is 26.5 Å². The zero-order valence-electron chi connectivity index (χ0n) is 14.8. The maximum absolute atomic E-state index is 12.7. The lowest BCUT2D eigenvalue weighted by Crippen LogP contribution is -2.23. The molecule has 0 saturated carbocycles. The van der Waals surface area contributed by atoms with Crippen LogP contribution in [0.5, 0.6) is 5.75 Å². The molecule has 132 valence electrons. The normalized spacial score (nSPS) is 10.6. The molecule has 26 heavy (non-hydrogen) atoms. The van der Waals surface area contributed by atoms with E-state index in [9.17, 15) is 4.79 Å². The maximum atomic E-state index is 12.7. The topological polar surface area (TPSA) is 64.1 Å². The van der Waals surface area contributed by atoms with Crippen molar-refractivity contribution < 1.29 is 9.53 Å². The number of hydrogen-bond donors (Lipinski definition) is 1. The van der Waals surface area contributed by atoms with Gasteiger partial charge in [-0.05, 0) is 43.2 Å². The van der Waals surface area contributed by atoms with Crippen LogP contribution < -0.4 is 10.1 Å². The molecule has 2 aromatic carbocycles. The molecular formula is C21H21N3O2. The summed E-state index contributed by atoms with van der Waals surface area (Å²) in [5.41, 5.74) is 3.20. The molecule has 0 fully saturated rings. The van der Waals surface area contributed by atoms with E-state index < -0.39 is 0 Å². The third-order valence-corrected chi connectivity index (χ3v) is 3.77. The number of rotatable bonds is 6. The van der Waals surface area contributed by atoms with E-state index in [4.69, 9.17) is 4.74 Å². The Balaban J connectivity index is 1.74. The van der Waals surface area contributed by atoms with Crippen LogP contribution in [0, 0.1) is 0 Å². The van der Waals surface area contributed by atoms with Crippen LogP contribution in [-0.4, -0.2) is 22.0 Å². The van der Waals surface area contributed by atoms with Crippen molar-refractivity contribution in [1.29, 1.82) is 0 Å². The van der Waals surface area contributed by atoms with Gasteiger partial charge in [0.25, 0.3) is 5.91 Å². The summed E-state index contributed by atoms with van der Waals surface area (Å²) in [6, 6.07) is 15.2. The minimum Gasteiger partial charge on any atom is -0.491 e. The van der Waals surface area contributed by atoms with E-state index in [-0.39, 0.29) is 12.0 Å². The summed E-state index contributed by atoms with van der Waals surface area (Å²) in [5, 5.41) is 2.97. The molecule has 1 amide bonds. The Hall–Kier alpha value is -3.21. The van der Waals surface area contributed by atoms with E-state index in [2.05, 4.69) is 15.3 Å². The van der Waals surface area contributed by atoms with Crippen molar-refractivity contribution in [1.82, 2.24) is 15.3 Å². The quantitative estimate of drug-likeness (QED) is 0.735. The molecule has 3 rings (SSSR count). The molecule has 0 aliphatic rings. The lowest BCUT2D eigenvalue weighted by molar-refractivity contribution is 0.0951. The molecule has 0 radical (unpaired) electrons. The first-order valence-electron chi connectivity index (χ1n) is 8.51. The summed E-state index contributed by atoms with van der Waals surface area (Å²) in [4.78, 5) is 20.8. The van der Waals surface area contributed by atoms with Crippen LogP contribution in [0.3, 0.4) is 0 Å². The van der Waals surface area contributed by atoms with Gasteiger partial charge in [0.15, 0.2) is 0 Å². The van der Waals surface area contributed by atoms with Gasteiger partial charge in [0.1, 0.15) is 12.1 Å². The summed E-state index contributed by atoms with van der Waals surface area (Å²) in [6.45, 7) is 4.39. The van der Waals surface area contributed by atoms with Gasteiger partial charge in [0.05, 0.1) is 6.10 Å². The second-order valence-corrected chi connectivity index (χ2v) is 6.17. The van der Waals surface area contributed by atoms with E-state index in [0.717, 1.165) is 22.4 Å². The van der Waals surface area contributed by atoms with E-state index >= 15 is 0 Å². The molecular weight excluding hydrogens is 326 g/mol. The average Bonchev–Trinajstić information content (AvgIpc) is 2.66. The van der Waals surface area contributed by atoms with Gasteiger partial charge in [-0.1, -0.05) is 30.3 Å².